The van der Waals surface area contributed by atoms with E-state index in [0.29, 0.717) is 0 Å². The van der Waals surface area contributed by atoms with E-state index in [2.05, 4.69) is 5.32 Å². The molecule has 0 unspecified atom stereocenters. The number of nitrogens with one attached hydrogen (secondary N) is 1. The van der Waals surface area contributed by atoms with Gasteiger partial charge < -0.3 is 11.1 Å². The van der Waals surface area contributed by atoms with E-state index >= 15 is 0 Å². The average molecular weight is 280 g/mol. The van der Waals surface area contributed by atoms with Gasteiger partial charge in [0.05, 0.1) is 16.1 Å². The number of halogens is 1. The summed E-state index contributed by atoms with van der Waals surface area (Å²) in [5.41, 5.74) is 5.91. The fourth-order valence-electron chi connectivity index (χ4n) is 2.50. The predicted octanol–water partition coefficient (Wildman–Crippen LogP) is 2.46. The van der Waals surface area contributed by atoms with E-state index in [0.717, 1.165) is 31.2 Å². The summed E-state index contributed by atoms with van der Waals surface area (Å²) in [5, 5.41) is 2.82. The molecule has 0 saturated heterocycles. The van der Waals surface area contributed by atoms with Crippen LogP contribution in [0, 0.1) is 12.7 Å². The Hall–Kier alpha value is -1.49. The first kappa shape index (κ1) is 13.9. The first-order chi connectivity index (χ1) is 8.94. The van der Waals surface area contributed by atoms with Gasteiger partial charge in [-0.1, -0.05) is 31.1 Å². The molecule has 1 aromatic rings. The van der Waals surface area contributed by atoms with Crippen LogP contribution in [0.5, 0.6) is 0 Å². The van der Waals surface area contributed by atoms with Crippen molar-refractivity contribution in [2.75, 3.05) is 0 Å². The number of aryl methyl sites for hydroxylation is 1. The topological polar surface area (TPSA) is 55.1 Å². The van der Waals surface area contributed by atoms with E-state index in [-0.39, 0.29) is 10.6 Å². The van der Waals surface area contributed by atoms with Crippen LogP contribution in [0.1, 0.15) is 41.6 Å². The van der Waals surface area contributed by atoms with Crippen molar-refractivity contribution >= 4 is 23.1 Å². The van der Waals surface area contributed by atoms with Crippen LogP contribution < -0.4 is 11.1 Å². The third-order valence-corrected chi connectivity index (χ3v) is 4.04. The van der Waals surface area contributed by atoms with Gasteiger partial charge in [-0.25, -0.2) is 4.39 Å². The van der Waals surface area contributed by atoms with Gasteiger partial charge in [0.1, 0.15) is 5.82 Å². The van der Waals surface area contributed by atoms with Gasteiger partial charge in [-0.15, -0.1) is 0 Å². The highest BCUT2D eigenvalue weighted by atomic mass is 32.1. The molecule has 3 N–H and O–H groups in total. The second-order valence-electron chi connectivity index (χ2n) is 5.09. The standard InChI is InChI=1S/C14H17FN2OS/c1-9-4-5-10(11(15)8-9)12(18)17-14(13(16)19)6-2-3-7-14/h4-5,8H,2-3,6-7H2,1H3,(H2,16,19)(H,17,18). The highest BCUT2D eigenvalue weighted by Crippen LogP contribution is 2.30. The van der Waals surface area contributed by atoms with Crippen molar-refractivity contribution < 1.29 is 9.18 Å². The van der Waals surface area contributed by atoms with Crippen molar-refractivity contribution in [3.8, 4) is 0 Å². The Morgan fingerprint density at radius 3 is 2.58 bits per heavy atom. The molecule has 0 radical (unpaired) electrons. The van der Waals surface area contributed by atoms with Crippen molar-refractivity contribution in [2.24, 2.45) is 5.73 Å². The SMILES string of the molecule is Cc1ccc(C(=O)NC2(C(N)=S)CCCC2)c(F)c1. The molecule has 3 nitrogen and oxygen atoms in total. The van der Waals surface area contributed by atoms with E-state index in [9.17, 15) is 9.18 Å². The minimum Gasteiger partial charge on any atom is -0.391 e. The van der Waals surface area contributed by atoms with E-state index in [1.807, 2.05) is 0 Å². The number of rotatable bonds is 3. The minimum absolute atomic E-state index is 0.0353. The van der Waals surface area contributed by atoms with Crippen molar-refractivity contribution in [1.29, 1.82) is 0 Å². The monoisotopic (exact) mass is 280 g/mol. The van der Waals surface area contributed by atoms with E-state index < -0.39 is 17.3 Å². The van der Waals surface area contributed by atoms with E-state index in [1.54, 1.807) is 13.0 Å². The Bertz CT molecular complexity index is 524. The van der Waals surface area contributed by atoms with Crippen molar-refractivity contribution in [3.63, 3.8) is 0 Å². The highest BCUT2D eigenvalue weighted by molar-refractivity contribution is 7.80. The van der Waals surface area contributed by atoms with Gasteiger partial charge in [-0.3, -0.25) is 4.79 Å². The molecule has 1 saturated carbocycles. The average Bonchev–Trinajstić information content (AvgIpc) is 2.78. The van der Waals surface area contributed by atoms with Crippen molar-refractivity contribution in [1.82, 2.24) is 5.32 Å². The molecule has 1 fully saturated rings. The Labute approximate surface area is 117 Å². The van der Waals surface area contributed by atoms with Crippen LogP contribution in [0.4, 0.5) is 4.39 Å². The first-order valence-corrected chi connectivity index (χ1v) is 6.74. The molecule has 1 amide bonds. The lowest BCUT2D eigenvalue weighted by Crippen LogP contribution is -2.54. The van der Waals surface area contributed by atoms with E-state index in [4.69, 9.17) is 18.0 Å². The lowest BCUT2D eigenvalue weighted by Gasteiger charge is -2.29. The largest absolute Gasteiger partial charge is 0.391 e. The maximum absolute atomic E-state index is 13.8. The summed E-state index contributed by atoms with van der Waals surface area (Å²) in [6.45, 7) is 1.78. The molecule has 0 aromatic heterocycles. The maximum Gasteiger partial charge on any atom is 0.255 e. The van der Waals surface area contributed by atoms with Crippen molar-refractivity contribution in [2.45, 2.75) is 38.1 Å². The molecule has 5 heteroatoms. The lowest BCUT2D eigenvalue weighted by molar-refractivity contribution is 0.0920. The molecule has 1 aliphatic rings. The van der Waals surface area contributed by atoms with Gasteiger partial charge in [-0.2, -0.15) is 0 Å². The Morgan fingerprint density at radius 1 is 1.42 bits per heavy atom. The molecule has 0 spiro atoms. The molecule has 0 heterocycles. The molecule has 1 aliphatic carbocycles. The Balaban J connectivity index is 2.22. The fourth-order valence-corrected chi connectivity index (χ4v) is 2.76. The Morgan fingerprint density at radius 2 is 2.05 bits per heavy atom. The zero-order valence-electron chi connectivity index (χ0n) is 10.8. The summed E-state index contributed by atoms with van der Waals surface area (Å²) in [4.78, 5) is 12.5. The van der Waals surface area contributed by atoms with Crippen LogP contribution in [0.2, 0.25) is 0 Å². The predicted molar refractivity (Wildman–Crippen MR) is 76.6 cm³/mol. The van der Waals surface area contributed by atoms with Crippen LogP contribution in [-0.4, -0.2) is 16.4 Å². The molecule has 19 heavy (non-hydrogen) atoms. The normalized spacial score (nSPS) is 17.2. The molecule has 0 atom stereocenters. The number of carbonyl (C=O) groups excluding carboxylic acids is 1. The molecule has 2 rings (SSSR count). The summed E-state index contributed by atoms with van der Waals surface area (Å²) in [6, 6.07) is 4.54. The van der Waals surface area contributed by atoms with Gasteiger partial charge in [0.25, 0.3) is 5.91 Å². The number of hydrogen-bond donors (Lipinski definition) is 2. The van der Waals surface area contributed by atoms with Crippen LogP contribution >= 0.6 is 12.2 Å². The third-order valence-electron chi connectivity index (χ3n) is 3.65. The number of carbonyl (C=O) groups is 1. The summed E-state index contributed by atoms with van der Waals surface area (Å²) < 4.78 is 13.8. The first-order valence-electron chi connectivity index (χ1n) is 6.33. The molecule has 0 aliphatic heterocycles. The number of thiocarbonyl (C=S) groups is 1. The van der Waals surface area contributed by atoms with Gasteiger partial charge in [-0.05, 0) is 37.5 Å². The summed E-state index contributed by atoms with van der Waals surface area (Å²) in [7, 11) is 0. The smallest absolute Gasteiger partial charge is 0.255 e. The minimum atomic E-state index is -0.649. The second-order valence-corrected chi connectivity index (χ2v) is 5.53. The zero-order chi connectivity index (χ0) is 14.0. The summed E-state index contributed by atoms with van der Waals surface area (Å²) in [6.07, 6.45) is 3.38. The highest BCUT2D eigenvalue weighted by Gasteiger charge is 2.38. The molecule has 1 aromatic carbocycles. The molecular formula is C14H17FN2OS. The van der Waals surface area contributed by atoms with E-state index in [1.165, 1.54) is 12.1 Å². The molecular weight excluding hydrogens is 263 g/mol. The summed E-state index contributed by atoms with van der Waals surface area (Å²) in [5.74, 6) is -0.971. The van der Waals surface area contributed by atoms with Gasteiger partial charge in [0.2, 0.25) is 0 Å². The Kier molecular flexibility index (Phi) is 3.85. The lowest BCUT2D eigenvalue weighted by atomic mass is 9.96. The summed E-state index contributed by atoms with van der Waals surface area (Å²) >= 11 is 5.06. The van der Waals surface area contributed by atoms with Crippen LogP contribution in [-0.2, 0) is 0 Å². The van der Waals surface area contributed by atoms with Gasteiger partial charge in [0.15, 0.2) is 0 Å². The molecule has 0 bridgehead atoms. The fraction of sp³-hybridized carbons (Fsp3) is 0.429. The van der Waals surface area contributed by atoms with Crippen LogP contribution in [0.3, 0.4) is 0 Å². The van der Waals surface area contributed by atoms with Crippen LogP contribution in [0.15, 0.2) is 18.2 Å². The maximum atomic E-state index is 13.8. The van der Waals surface area contributed by atoms with Gasteiger partial charge in [0, 0.05) is 0 Å². The quantitative estimate of drug-likeness (QED) is 0.836. The van der Waals surface area contributed by atoms with Gasteiger partial charge >= 0.3 is 0 Å². The second kappa shape index (κ2) is 5.25. The number of benzene rings is 1. The van der Waals surface area contributed by atoms with Crippen LogP contribution in [0.25, 0.3) is 0 Å². The zero-order valence-corrected chi connectivity index (χ0v) is 11.6. The number of hydrogen-bond acceptors (Lipinski definition) is 2. The van der Waals surface area contributed by atoms with Crippen molar-refractivity contribution in [3.05, 3.63) is 35.1 Å². The number of nitrogens with two attached hydrogens (primary N) is 1. The third kappa shape index (κ3) is 2.76. The number of amides is 1. The molecule has 102 valence electrons.